The first-order valence-electron chi connectivity index (χ1n) is 8.84. The van der Waals surface area contributed by atoms with E-state index < -0.39 is 11.9 Å². The van der Waals surface area contributed by atoms with Gasteiger partial charge >= 0.3 is 11.9 Å². The van der Waals surface area contributed by atoms with E-state index in [1.807, 2.05) is 41.5 Å². The maximum Gasteiger partial charge on any atom is 0.387 e. The number of benzene rings is 2. The van der Waals surface area contributed by atoms with Crippen LogP contribution in [-0.4, -0.2) is 11.9 Å². The van der Waals surface area contributed by atoms with Crippen LogP contribution in [0.25, 0.3) is 0 Å². The zero-order valence-electron chi connectivity index (χ0n) is 16.9. The van der Waals surface area contributed by atoms with E-state index in [0.717, 1.165) is 11.1 Å². The third-order valence-electron chi connectivity index (χ3n) is 4.30. The highest BCUT2D eigenvalue weighted by molar-refractivity contribution is 6.34. The maximum atomic E-state index is 12.2. The quantitative estimate of drug-likeness (QED) is 0.408. The highest BCUT2D eigenvalue weighted by Crippen LogP contribution is 2.29. The van der Waals surface area contributed by atoms with Gasteiger partial charge in [0.25, 0.3) is 0 Å². The second-order valence-electron chi connectivity index (χ2n) is 8.63. The molecule has 2 aromatic carbocycles. The fourth-order valence-electron chi connectivity index (χ4n) is 2.46. The van der Waals surface area contributed by atoms with Crippen LogP contribution in [0.1, 0.15) is 73.4 Å². The molecule has 0 aliphatic carbocycles. The Balaban J connectivity index is 2.10. The standard InChI is InChI=1S/C22H24Cl2O4/c1-21(2,3)13-7-9-15(17(23)11-13)19(25)27-28-20(26)16-10-8-14(12-18(16)24)22(4,5)6/h7-12H,1-6H3. The lowest BCUT2D eigenvalue weighted by atomic mass is 9.86. The Morgan fingerprint density at radius 3 is 1.25 bits per heavy atom. The summed E-state index contributed by atoms with van der Waals surface area (Å²) in [5, 5.41) is 0.446. The molecule has 0 saturated heterocycles. The van der Waals surface area contributed by atoms with Gasteiger partial charge in [-0.05, 0) is 46.2 Å². The molecule has 0 aliphatic heterocycles. The Kier molecular flexibility index (Phi) is 6.47. The van der Waals surface area contributed by atoms with E-state index in [9.17, 15) is 9.59 Å². The average Bonchev–Trinajstić information content (AvgIpc) is 2.57. The summed E-state index contributed by atoms with van der Waals surface area (Å²) in [6.45, 7) is 12.2. The lowest BCUT2D eigenvalue weighted by molar-refractivity contribution is -0.187. The average molecular weight is 423 g/mol. The second-order valence-corrected chi connectivity index (χ2v) is 9.45. The molecule has 0 atom stereocenters. The molecule has 0 aromatic heterocycles. The normalized spacial score (nSPS) is 11.9. The van der Waals surface area contributed by atoms with Gasteiger partial charge in [-0.1, -0.05) is 76.9 Å². The Morgan fingerprint density at radius 2 is 1.00 bits per heavy atom. The van der Waals surface area contributed by atoms with Crippen molar-refractivity contribution in [3.8, 4) is 0 Å². The fraction of sp³-hybridized carbons (Fsp3) is 0.364. The minimum absolute atomic E-state index is 0.108. The summed E-state index contributed by atoms with van der Waals surface area (Å²) >= 11 is 12.4. The van der Waals surface area contributed by atoms with E-state index in [-0.39, 0.29) is 32.0 Å². The first-order chi connectivity index (χ1) is 12.8. The molecule has 0 spiro atoms. The molecule has 0 heterocycles. The minimum Gasteiger partial charge on any atom is -0.241 e. The number of rotatable bonds is 2. The van der Waals surface area contributed by atoms with E-state index in [1.54, 1.807) is 36.4 Å². The van der Waals surface area contributed by atoms with Crippen LogP contribution in [0.15, 0.2) is 36.4 Å². The summed E-state index contributed by atoms with van der Waals surface area (Å²) in [4.78, 5) is 33.8. The van der Waals surface area contributed by atoms with Gasteiger partial charge in [0.15, 0.2) is 0 Å². The summed E-state index contributed by atoms with van der Waals surface area (Å²) in [6.07, 6.45) is 0. The van der Waals surface area contributed by atoms with Gasteiger partial charge in [0.2, 0.25) is 0 Å². The number of carbonyl (C=O) groups is 2. The SMILES string of the molecule is CC(C)(C)c1ccc(C(=O)OOC(=O)c2ccc(C(C)(C)C)cc2Cl)c(Cl)c1. The van der Waals surface area contributed by atoms with Gasteiger partial charge in [0.1, 0.15) is 0 Å². The smallest absolute Gasteiger partial charge is 0.241 e. The molecule has 0 radical (unpaired) electrons. The molecule has 2 aromatic rings. The molecule has 0 unspecified atom stereocenters. The van der Waals surface area contributed by atoms with Crippen LogP contribution >= 0.6 is 23.2 Å². The first kappa shape index (κ1) is 22.3. The molecule has 0 fully saturated rings. The fourth-order valence-corrected chi connectivity index (χ4v) is 2.98. The largest absolute Gasteiger partial charge is 0.387 e. The van der Waals surface area contributed by atoms with Gasteiger partial charge in [-0.15, -0.1) is 0 Å². The van der Waals surface area contributed by atoms with Crippen LogP contribution in [0.5, 0.6) is 0 Å². The molecular weight excluding hydrogens is 399 g/mol. The third kappa shape index (κ3) is 5.27. The molecular formula is C22H24Cl2O4. The minimum atomic E-state index is -0.860. The van der Waals surface area contributed by atoms with E-state index in [1.165, 1.54) is 0 Å². The molecule has 6 heteroatoms. The van der Waals surface area contributed by atoms with Crippen molar-refractivity contribution in [3.63, 3.8) is 0 Å². The van der Waals surface area contributed by atoms with Gasteiger partial charge < -0.3 is 0 Å². The van der Waals surface area contributed by atoms with Crippen molar-refractivity contribution in [1.29, 1.82) is 0 Å². The van der Waals surface area contributed by atoms with E-state index in [4.69, 9.17) is 23.2 Å². The Labute approximate surface area is 175 Å². The predicted octanol–water partition coefficient (Wildman–Crippen LogP) is 6.52. The first-order valence-corrected chi connectivity index (χ1v) is 9.59. The number of hydrogen-bond acceptors (Lipinski definition) is 4. The van der Waals surface area contributed by atoms with Gasteiger partial charge in [0, 0.05) is 0 Å². The lowest BCUT2D eigenvalue weighted by Gasteiger charge is -2.20. The maximum absolute atomic E-state index is 12.2. The van der Waals surface area contributed by atoms with Crippen LogP contribution < -0.4 is 0 Å². The second kappa shape index (κ2) is 8.14. The van der Waals surface area contributed by atoms with E-state index in [2.05, 4.69) is 9.78 Å². The van der Waals surface area contributed by atoms with Gasteiger partial charge in [-0.3, -0.25) is 0 Å². The van der Waals surface area contributed by atoms with Crippen molar-refractivity contribution >= 4 is 35.1 Å². The molecule has 0 bridgehead atoms. The zero-order chi connectivity index (χ0) is 21.3. The van der Waals surface area contributed by atoms with Crippen molar-refractivity contribution in [1.82, 2.24) is 0 Å². The number of hydrogen-bond donors (Lipinski definition) is 0. The van der Waals surface area contributed by atoms with Crippen LogP contribution in [-0.2, 0) is 20.6 Å². The highest BCUT2D eigenvalue weighted by atomic mass is 35.5. The van der Waals surface area contributed by atoms with E-state index >= 15 is 0 Å². The van der Waals surface area contributed by atoms with Crippen molar-refractivity contribution < 1.29 is 19.4 Å². The summed E-state index contributed by atoms with van der Waals surface area (Å²) in [5.74, 6) is -1.72. The van der Waals surface area contributed by atoms with Crippen LogP contribution in [0.2, 0.25) is 10.0 Å². The van der Waals surface area contributed by atoms with Crippen molar-refractivity contribution in [2.24, 2.45) is 0 Å². The van der Waals surface area contributed by atoms with Crippen LogP contribution in [0.4, 0.5) is 0 Å². The summed E-state index contributed by atoms with van der Waals surface area (Å²) in [5.41, 5.74) is 1.92. The monoisotopic (exact) mass is 422 g/mol. The molecule has 4 nitrogen and oxygen atoms in total. The van der Waals surface area contributed by atoms with Crippen LogP contribution in [0, 0.1) is 0 Å². The highest BCUT2D eigenvalue weighted by Gasteiger charge is 2.22. The third-order valence-corrected chi connectivity index (χ3v) is 4.93. The van der Waals surface area contributed by atoms with Crippen LogP contribution in [0.3, 0.4) is 0 Å². The Bertz CT molecular complexity index is 830. The molecule has 150 valence electrons. The Morgan fingerprint density at radius 1 is 0.679 bits per heavy atom. The summed E-state index contributed by atoms with van der Waals surface area (Å²) in [6, 6.07) is 10.1. The molecule has 0 N–H and O–H groups in total. The molecule has 2 rings (SSSR count). The Hall–Kier alpha value is -2.04. The van der Waals surface area contributed by atoms with Gasteiger partial charge in [-0.25, -0.2) is 19.4 Å². The van der Waals surface area contributed by atoms with Gasteiger partial charge in [0.05, 0.1) is 21.2 Å². The van der Waals surface area contributed by atoms with E-state index in [0.29, 0.717) is 0 Å². The lowest BCUT2D eigenvalue weighted by Crippen LogP contribution is -2.15. The number of carbonyl (C=O) groups excluding carboxylic acids is 2. The molecule has 28 heavy (non-hydrogen) atoms. The van der Waals surface area contributed by atoms with Crippen molar-refractivity contribution in [2.45, 2.75) is 52.4 Å². The topological polar surface area (TPSA) is 52.6 Å². The number of halogens is 2. The molecule has 0 amide bonds. The summed E-state index contributed by atoms with van der Waals surface area (Å²) in [7, 11) is 0. The molecule has 0 saturated carbocycles. The predicted molar refractivity (Wildman–Crippen MR) is 111 cm³/mol. The summed E-state index contributed by atoms with van der Waals surface area (Å²) < 4.78 is 0. The molecule has 0 aliphatic rings. The zero-order valence-corrected chi connectivity index (χ0v) is 18.4. The van der Waals surface area contributed by atoms with Crippen molar-refractivity contribution in [3.05, 3.63) is 68.7 Å². The van der Waals surface area contributed by atoms with Crippen molar-refractivity contribution in [2.75, 3.05) is 0 Å². The van der Waals surface area contributed by atoms with Gasteiger partial charge in [-0.2, -0.15) is 0 Å².